The van der Waals surface area contributed by atoms with Crippen LogP contribution in [-0.2, 0) is 6.61 Å². The topological polar surface area (TPSA) is 116 Å². The molecule has 1 aromatic carbocycles. The third-order valence-electron chi connectivity index (χ3n) is 2.23. The van der Waals surface area contributed by atoms with Crippen molar-refractivity contribution in [2.24, 2.45) is 0 Å². The Balaban J connectivity index is 2.10. The largest absolute Gasteiger partial charge is 0.485 e. The van der Waals surface area contributed by atoms with Crippen LogP contribution in [0.4, 0.5) is 5.69 Å². The number of ether oxygens (including phenoxy) is 1. The number of non-ortho nitro benzene ring substituents is 1. The van der Waals surface area contributed by atoms with Gasteiger partial charge in [0.25, 0.3) is 5.69 Å². The van der Waals surface area contributed by atoms with Gasteiger partial charge in [-0.3, -0.25) is 10.1 Å². The van der Waals surface area contributed by atoms with E-state index in [0.29, 0.717) is 4.47 Å². The summed E-state index contributed by atoms with van der Waals surface area (Å²) in [5.41, 5.74) is -0.359. The predicted molar refractivity (Wildman–Crippen MR) is 68.6 cm³/mol. The minimum atomic E-state index is -1.21. The molecule has 0 spiro atoms. The van der Waals surface area contributed by atoms with Crippen LogP contribution in [0.2, 0.25) is 0 Å². The van der Waals surface area contributed by atoms with E-state index in [1.807, 2.05) is 0 Å². The minimum Gasteiger partial charge on any atom is -0.485 e. The van der Waals surface area contributed by atoms with E-state index in [1.165, 1.54) is 18.2 Å². The number of nitro groups is 1. The molecule has 0 unspecified atom stereocenters. The van der Waals surface area contributed by atoms with Crippen LogP contribution in [0.15, 0.2) is 33.3 Å². The Morgan fingerprint density at radius 3 is 2.80 bits per heavy atom. The summed E-state index contributed by atoms with van der Waals surface area (Å²) in [6.45, 7) is -0.0894. The highest BCUT2D eigenvalue weighted by molar-refractivity contribution is 9.10. The maximum Gasteiger partial charge on any atom is 0.358 e. The molecule has 1 heterocycles. The number of hydrogen-bond donors (Lipinski definition) is 1. The number of rotatable bonds is 5. The second-order valence-electron chi connectivity index (χ2n) is 3.67. The van der Waals surface area contributed by atoms with Gasteiger partial charge in [-0.1, -0.05) is 21.1 Å². The summed E-state index contributed by atoms with van der Waals surface area (Å²) in [6.07, 6.45) is 0. The number of aromatic nitrogens is 1. The number of carbonyl (C=O) groups is 1. The first kappa shape index (κ1) is 14.0. The number of nitro benzene ring substituents is 1. The number of halogens is 1. The smallest absolute Gasteiger partial charge is 0.358 e. The normalized spacial score (nSPS) is 10.2. The fourth-order valence-corrected chi connectivity index (χ4v) is 1.83. The van der Waals surface area contributed by atoms with Crippen LogP contribution in [0.3, 0.4) is 0 Å². The van der Waals surface area contributed by atoms with Gasteiger partial charge in [0.1, 0.15) is 12.4 Å². The molecule has 0 aliphatic heterocycles. The number of benzene rings is 1. The first-order chi connectivity index (χ1) is 9.45. The molecule has 1 aromatic heterocycles. The van der Waals surface area contributed by atoms with E-state index >= 15 is 0 Å². The highest BCUT2D eigenvalue weighted by Crippen LogP contribution is 2.26. The van der Waals surface area contributed by atoms with Gasteiger partial charge < -0.3 is 14.4 Å². The maximum atomic E-state index is 10.7. The van der Waals surface area contributed by atoms with Crippen molar-refractivity contribution in [2.75, 3.05) is 0 Å². The zero-order chi connectivity index (χ0) is 14.7. The van der Waals surface area contributed by atoms with E-state index in [9.17, 15) is 14.9 Å². The molecule has 0 saturated heterocycles. The Hall–Kier alpha value is -2.42. The lowest BCUT2D eigenvalue weighted by Gasteiger charge is -2.04. The maximum absolute atomic E-state index is 10.7. The Kier molecular flexibility index (Phi) is 3.99. The lowest BCUT2D eigenvalue weighted by atomic mass is 10.3. The van der Waals surface area contributed by atoms with Gasteiger partial charge in [-0.2, -0.15) is 0 Å². The molecule has 0 aliphatic carbocycles. The third kappa shape index (κ3) is 3.32. The molecule has 0 fully saturated rings. The molecule has 2 aromatic rings. The number of hydrogen-bond acceptors (Lipinski definition) is 6. The van der Waals surface area contributed by atoms with Gasteiger partial charge in [0.05, 0.1) is 11.0 Å². The van der Waals surface area contributed by atoms with Crippen molar-refractivity contribution in [1.82, 2.24) is 5.16 Å². The summed E-state index contributed by atoms with van der Waals surface area (Å²) in [7, 11) is 0. The van der Waals surface area contributed by atoms with Crippen LogP contribution < -0.4 is 4.74 Å². The lowest BCUT2D eigenvalue weighted by molar-refractivity contribution is -0.385. The Bertz CT molecular complexity index is 669. The van der Waals surface area contributed by atoms with Gasteiger partial charge in [-0.15, -0.1) is 0 Å². The van der Waals surface area contributed by atoms with Crippen molar-refractivity contribution >= 4 is 27.6 Å². The summed E-state index contributed by atoms with van der Waals surface area (Å²) in [5, 5.41) is 22.7. The standard InChI is InChI=1S/C11H7BrN2O6/c12-6-1-7(14(17)18)3-8(2-6)19-5-9-4-10(11(15)16)13-20-9/h1-4H,5H2,(H,15,16). The summed E-state index contributed by atoms with van der Waals surface area (Å²) >= 11 is 3.13. The number of nitrogens with zero attached hydrogens (tertiary/aromatic N) is 2. The highest BCUT2D eigenvalue weighted by Gasteiger charge is 2.13. The van der Waals surface area contributed by atoms with Gasteiger partial charge in [0.15, 0.2) is 11.5 Å². The molecule has 0 amide bonds. The summed E-state index contributed by atoms with van der Waals surface area (Å²) in [4.78, 5) is 20.8. The van der Waals surface area contributed by atoms with E-state index < -0.39 is 10.9 Å². The number of carboxylic acid groups (broad SMARTS) is 1. The number of carboxylic acids is 1. The van der Waals surface area contributed by atoms with E-state index in [1.54, 1.807) is 6.07 Å². The fourth-order valence-electron chi connectivity index (χ4n) is 1.37. The van der Waals surface area contributed by atoms with Crippen molar-refractivity contribution in [2.45, 2.75) is 6.61 Å². The van der Waals surface area contributed by atoms with Crippen LogP contribution in [-0.4, -0.2) is 21.2 Å². The van der Waals surface area contributed by atoms with Crippen molar-refractivity contribution in [1.29, 1.82) is 0 Å². The SMILES string of the molecule is O=C(O)c1cc(COc2cc(Br)cc([N+](=O)[O-])c2)on1. The Morgan fingerprint density at radius 2 is 2.20 bits per heavy atom. The van der Waals surface area contributed by atoms with Gasteiger partial charge in [0.2, 0.25) is 0 Å². The molecular weight excluding hydrogens is 336 g/mol. The van der Waals surface area contributed by atoms with Crippen molar-refractivity contribution in [3.63, 3.8) is 0 Å². The summed E-state index contributed by atoms with van der Waals surface area (Å²) in [6, 6.07) is 5.35. The lowest BCUT2D eigenvalue weighted by Crippen LogP contribution is -1.96. The van der Waals surface area contributed by atoms with Gasteiger partial charge in [-0.05, 0) is 6.07 Å². The van der Waals surface area contributed by atoms with Gasteiger partial charge in [0, 0.05) is 16.6 Å². The fraction of sp³-hybridized carbons (Fsp3) is 0.0909. The summed E-state index contributed by atoms with van der Waals surface area (Å²) < 4.78 is 10.5. The molecule has 1 N–H and O–H groups in total. The molecule has 0 atom stereocenters. The highest BCUT2D eigenvalue weighted by atomic mass is 79.9. The molecule has 8 nitrogen and oxygen atoms in total. The van der Waals surface area contributed by atoms with Gasteiger partial charge >= 0.3 is 5.97 Å². The minimum absolute atomic E-state index is 0.0894. The van der Waals surface area contributed by atoms with E-state index in [-0.39, 0.29) is 29.5 Å². The second-order valence-corrected chi connectivity index (χ2v) is 4.59. The van der Waals surface area contributed by atoms with Crippen LogP contribution >= 0.6 is 15.9 Å². The second kappa shape index (κ2) is 5.70. The predicted octanol–water partition coefficient (Wildman–Crippen LogP) is 2.62. The molecule has 20 heavy (non-hydrogen) atoms. The van der Waals surface area contributed by atoms with Crippen LogP contribution in [0, 0.1) is 10.1 Å². The third-order valence-corrected chi connectivity index (χ3v) is 2.68. The Morgan fingerprint density at radius 1 is 1.45 bits per heavy atom. The molecule has 9 heteroatoms. The molecular formula is C11H7BrN2O6. The van der Waals surface area contributed by atoms with Crippen LogP contribution in [0.25, 0.3) is 0 Å². The zero-order valence-electron chi connectivity index (χ0n) is 9.78. The average molecular weight is 343 g/mol. The molecule has 104 valence electrons. The van der Waals surface area contributed by atoms with Crippen molar-refractivity contribution < 1.29 is 24.1 Å². The monoisotopic (exact) mass is 342 g/mol. The summed E-state index contributed by atoms with van der Waals surface area (Å²) in [5.74, 6) is -0.762. The van der Waals surface area contributed by atoms with Crippen molar-refractivity contribution in [3.05, 3.63) is 50.3 Å². The van der Waals surface area contributed by atoms with Crippen LogP contribution in [0.1, 0.15) is 16.2 Å². The first-order valence-corrected chi connectivity index (χ1v) is 6.01. The molecule has 2 rings (SSSR count). The molecule has 0 radical (unpaired) electrons. The van der Waals surface area contributed by atoms with Crippen LogP contribution in [0.5, 0.6) is 5.75 Å². The van der Waals surface area contributed by atoms with E-state index in [0.717, 1.165) is 0 Å². The molecule has 0 bridgehead atoms. The van der Waals surface area contributed by atoms with Crippen molar-refractivity contribution in [3.8, 4) is 5.75 Å². The number of aromatic carboxylic acids is 1. The quantitative estimate of drug-likeness (QED) is 0.655. The van der Waals surface area contributed by atoms with E-state index in [4.69, 9.17) is 14.4 Å². The average Bonchev–Trinajstić information content (AvgIpc) is 2.84. The van der Waals surface area contributed by atoms with E-state index in [2.05, 4.69) is 21.1 Å². The zero-order valence-corrected chi connectivity index (χ0v) is 11.4. The van der Waals surface area contributed by atoms with Gasteiger partial charge in [-0.25, -0.2) is 4.79 Å². The Labute approximate surface area is 120 Å². The molecule has 0 saturated carbocycles. The first-order valence-electron chi connectivity index (χ1n) is 5.22. The molecule has 0 aliphatic rings.